The van der Waals surface area contributed by atoms with Crippen LogP contribution in [0, 0.1) is 6.92 Å². The monoisotopic (exact) mass is 237 g/mol. The van der Waals surface area contributed by atoms with E-state index in [1.165, 1.54) is 9.75 Å². The molecule has 0 spiro atoms. The molecule has 0 saturated carbocycles. The molecule has 16 heavy (non-hydrogen) atoms. The van der Waals surface area contributed by atoms with Gasteiger partial charge in [-0.15, -0.1) is 16.4 Å². The fourth-order valence-electron chi connectivity index (χ4n) is 1.57. The number of hydrogen-bond donors (Lipinski definition) is 1. The summed E-state index contributed by atoms with van der Waals surface area (Å²) in [6, 6.07) is 4.19. The number of nitrogens with zero attached hydrogens (tertiary/aromatic N) is 4. The Morgan fingerprint density at radius 3 is 2.69 bits per heavy atom. The molecule has 0 aliphatic rings. The number of aromatic nitrogens is 4. The Morgan fingerprint density at radius 1 is 1.38 bits per heavy atom. The molecule has 2 rings (SSSR count). The van der Waals surface area contributed by atoms with Crippen molar-refractivity contribution < 1.29 is 0 Å². The number of tetrazole rings is 1. The molecule has 2 aromatic heterocycles. The van der Waals surface area contributed by atoms with Gasteiger partial charge in [0, 0.05) is 9.75 Å². The average molecular weight is 237 g/mol. The van der Waals surface area contributed by atoms with Crippen molar-refractivity contribution in [1.82, 2.24) is 20.2 Å². The maximum absolute atomic E-state index is 5.82. The predicted molar refractivity (Wildman–Crippen MR) is 63.3 cm³/mol. The molecule has 0 saturated heterocycles. The molecule has 2 unspecified atom stereocenters. The van der Waals surface area contributed by atoms with Crippen LogP contribution < -0.4 is 5.73 Å². The lowest BCUT2D eigenvalue weighted by atomic mass is 10.2. The molecule has 2 atom stereocenters. The molecule has 0 amide bonds. The highest BCUT2D eigenvalue weighted by molar-refractivity contribution is 7.12. The Bertz CT molecular complexity index is 473. The van der Waals surface area contributed by atoms with Gasteiger partial charge in [0.2, 0.25) is 0 Å². The van der Waals surface area contributed by atoms with Crippen molar-refractivity contribution in [3.05, 3.63) is 27.7 Å². The molecule has 2 aromatic rings. The lowest BCUT2D eigenvalue weighted by Crippen LogP contribution is -2.17. The largest absolute Gasteiger partial charge is 0.322 e. The van der Waals surface area contributed by atoms with Gasteiger partial charge < -0.3 is 5.73 Å². The van der Waals surface area contributed by atoms with E-state index in [0.717, 1.165) is 5.82 Å². The number of aryl methyl sites for hydroxylation is 1. The van der Waals surface area contributed by atoms with E-state index >= 15 is 0 Å². The Hall–Kier alpha value is -1.27. The van der Waals surface area contributed by atoms with Crippen LogP contribution in [0.1, 0.15) is 41.5 Å². The molecule has 0 fully saturated rings. The number of hydrogen-bond acceptors (Lipinski definition) is 5. The van der Waals surface area contributed by atoms with E-state index in [-0.39, 0.29) is 12.1 Å². The Morgan fingerprint density at radius 2 is 2.12 bits per heavy atom. The third-order valence-electron chi connectivity index (χ3n) is 2.47. The maximum Gasteiger partial charge on any atom is 0.168 e. The van der Waals surface area contributed by atoms with Crippen LogP contribution in [0.3, 0.4) is 0 Å². The van der Waals surface area contributed by atoms with Gasteiger partial charge in [0.15, 0.2) is 5.82 Å². The zero-order valence-electron chi connectivity index (χ0n) is 9.58. The molecule has 5 nitrogen and oxygen atoms in total. The number of nitrogens with two attached hydrogens (primary N) is 1. The van der Waals surface area contributed by atoms with E-state index in [1.807, 2.05) is 6.92 Å². The molecule has 0 bridgehead atoms. The first-order valence-electron chi connectivity index (χ1n) is 5.19. The van der Waals surface area contributed by atoms with Gasteiger partial charge in [0.1, 0.15) is 0 Å². The summed E-state index contributed by atoms with van der Waals surface area (Å²) in [5.74, 6) is 0.721. The zero-order valence-corrected chi connectivity index (χ0v) is 10.4. The van der Waals surface area contributed by atoms with Crippen molar-refractivity contribution in [2.45, 2.75) is 32.9 Å². The lowest BCUT2D eigenvalue weighted by molar-refractivity contribution is 0.510. The summed E-state index contributed by atoms with van der Waals surface area (Å²) in [6.45, 7) is 6.05. The van der Waals surface area contributed by atoms with E-state index in [0.29, 0.717) is 0 Å². The van der Waals surface area contributed by atoms with Gasteiger partial charge in [0.25, 0.3) is 0 Å². The molecule has 0 aliphatic carbocycles. The standard InChI is InChI=1S/C10H15N5S/c1-6-4-5-9(16-6)8(3)15-10(7(2)11)12-13-14-15/h4-5,7-8H,11H2,1-3H3. The Kier molecular flexibility index (Phi) is 3.02. The summed E-state index contributed by atoms with van der Waals surface area (Å²) in [4.78, 5) is 2.53. The first kappa shape index (κ1) is 11.2. The molecule has 0 aliphatic heterocycles. The van der Waals surface area contributed by atoms with Crippen LogP contribution in [0.5, 0.6) is 0 Å². The Balaban J connectivity index is 2.33. The summed E-state index contributed by atoms with van der Waals surface area (Å²) in [7, 11) is 0. The zero-order chi connectivity index (χ0) is 11.7. The SMILES string of the molecule is Cc1ccc(C(C)n2nnnc2C(C)N)s1. The van der Waals surface area contributed by atoms with E-state index in [1.54, 1.807) is 16.0 Å². The quantitative estimate of drug-likeness (QED) is 0.881. The third-order valence-corrected chi connectivity index (χ3v) is 3.64. The lowest BCUT2D eigenvalue weighted by Gasteiger charge is -2.13. The van der Waals surface area contributed by atoms with Crippen LogP contribution >= 0.6 is 11.3 Å². The summed E-state index contributed by atoms with van der Waals surface area (Å²) in [6.07, 6.45) is 0. The second-order valence-corrected chi connectivity index (χ2v) is 5.21. The molecular formula is C10H15N5S. The fraction of sp³-hybridized carbons (Fsp3) is 0.500. The van der Waals surface area contributed by atoms with E-state index in [2.05, 4.69) is 41.5 Å². The van der Waals surface area contributed by atoms with Crippen molar-refractivity contribution in [2.24, 2.45) is 5.73 Å². The minimum atomic E-state index is -0.154. The summed E-state index contributed by atoms with van der Waals surface area (Å²) in [5.41, 5.74) is 5.82. The molecule has 2 N–H and O–H groups in total. The van der Waals surface area contributed by atoms with E-state index < -0.39 is 0 Å². The van der Waals surface area contributed by atoms with Crippen LogP contribution in [0.2, 0.25) is 0 Å². The fourth-order valence-corrected chi connectivity index (χ4v) is 2.49. The van der Waals surface area contributed by atoms with Gasteiger partial charge in [-0.05, 0) is 43.3 Å². The second kappa shape index (κ2) is 4.31. The predicted octanol–water partition coefficient (Wildman–Crippen LogP) is 1.67. The van der Waals surface area contributed by atoms with Crippen molar-refractivity contribution in [3.8, 4) is 0 Å². The van der Waals surface area contributed by atoms with Gasteiger partial charge in [-0.25, -0.2) is 4.68 Å². The average Bonchev–Trinajstić information content (AvgIpc) is 2.84. The van der Waals surface area contributed by atoms with Crippen LogP contribution in [-0.2, 0) is 0 Å². The van der Waals surface area contributed by atoms with Crippen molar-refractivity contribution in [2.75, 3.05) is 0 Å². The topological polar surface area (TPSA) is 69.6 Å². The van der Waals surface area contributed by atoms with Crippen molar-refractivity contribution in [3.63, 3.8) is 0 Å². The van der Waals surface area contributed by atoms with E-state index in [9.17, 15) is 0 Å². The van der Waals surface area contributed by atoms with Gasteiger partial charge in [-0.1, -0.05) is 0 Å². The Labute approximate surface area is 98.3 Å². The van der Waals surface area contributed by atoms with Crippen LogP contribution in [0.4, 0.5) is 0 Å². The first-order valence-corrected chi connectivity index (χ1v) is 6.01. The van der Waals surface area contributed by atoms with Crippen LogP contribution in [-0.4, -0.2) is 20.2 Å². The van der Waals surface area contributed by atoms with Crippen molar-refractivity contribution >= 4 is 11.3 Å². The molecule has 6 heteroatoms. The van der Waals surface area contributed by atoms with Gasteiger partial charge in [0.05, 0.1) is 12.1 Å². The summed E-state index contributed by atoms with van der Waals surface area (Å²) >= 11 is 1.76. The highest BCUT2D eigenvalue weighted by atomic mass is 32.1. The van der Waals surface area contributed by atoms with Crippen LogP contribution in [0.15, 0.2) is 12.1 Å². The van der Waals surface area contributed by atoms with E-state index in [4.69, 9.17) is 5.73 Å². The second-order valence-electron chi connectivity index (χ2n) is 3.89. The molecule has 2 heterocycles. The molecule has 86 valence electrons. The minimum Gasteiger partial charge on any atom is -0.322 e. The molecular weight excluding hydrogens is 222 g/mol. The first-order chi connectivity index (χ1) is 7.59. The maximum atomic E-state index is 5.82. The highest BCUT2D eigenvalue weighted by Crippen LogP contribution is 2.26. The van der Waals surface area contributed by atoms with Crippen LogP contribution in [0.25, 0.3) is 0 Å². The van der Waals surface area contributed by atoms with Gasteiger partial charge >= 0.3 is 0 Å². The minimum absolute atomic E-state index is 0.134. The van der Waals surface area contributed by atoms with Gasteiger partial charge in [-0.3, -0.25) is 0 Å². The smallest absolute Gasteiger partial charge is 0.168 e. The highest BCUT2D eigenvalue weighted by Gasteiger charge is 2.18. The molecule has 0 radical (unpaired) electrons. The summed E-state index contributed by atoms with van der Waals surface area (Å²) in [5, 5.41) is 11.6. The van der Waals surface area contributed by atoms with Gasteiger partial charge in [-0.2, -0.15) is 0 Å². The van der Waals surface area contributed by atoms with Crippen molar-refractivity contribution in [1.29, 1.82) is 0 Å². The number of rotatable bonds is 3. The third kappa shape index (κ3) is 1.98. The number of thiophene rings is 1. The normalized spacial score (nSPS) is 15.0. The summed E-state index contributed by atoms with van der Waals surface area (Å²) < 4.78 is 1.79. The molecule has 0 aromatic carbocycles.